The molecule has 2 nitrogen and oxygen atoms in total. The maximum atomic E-state index is 5.51. The van der Waals surface area contributed by atoms with Crippen molar-refractivity contribution in [3.63, 3.8) is 0 Å². The van der Waals surface area contributed by atoms with Crippen LogP contribution in [0.3, 0.4) is 0 Å². The van der Waals surface area contributed by atoms with Crippen LogP contribution in [0.4, 0.5) is 0 Å². The summed E-state index contributed by atoms with van der Waals surface area (Å²) >= 11 is 0. The van der Waals surface area contributed by atoms with E-state index in [9.17, 15) is 0 Å². The van der Waals surface area contributed by atoms with Gasteiger partial charge in [0.15, 0.2) is 0 Å². The fourth-order valence-corrected chi connectivity index (χ4v) is 4.18. The molecule has 0 saturated carbocycles. The molecule has 1 atom stereocenters. The zero-order valence-electron chi connectivity index (χ0n) is 16.7. The van der Waals surface area contributed by atoms with Gasteiger partial charge >= 0.3 is 0 Å². The summed E-state index contributed by atoms with van der Waals surface area (Å²) < 4.78 is 10.9. The van der Waals surface area contributed by atoms with Crippen molar-refractivity contribution in [1.29, 1.82) is 0 Å². The van der Waals surface area contributed by atoms with Crippen LogP contribution in [0.15, 0.2) is 78.4 Å². The van der Waals surface area contributed by atoms with Crippen molar-refractivity contribution in [2.75, 3.05) is 14.2 Å². The molecule has 0 N–H and O–H groups in total. The Morgan fingerprint density at radius 2 is 1.50 bits per heavy atom. The second kappa shape index (κ2) is 7.93. The van der Waals surface area contributed by atoms with Gasteiger partial charge in [-0.2, -0.15) is 0 Å². The van der Waals surface area contributed by atoms with Gasteiger partial charge in [0.2, 0.25) is 0 Å². The van der Waals surface area contributed by atoms with Gasteiger partial charge in [-0.3, -0.25) is 0 Å². The third kappa shape index (κ3) is 3.55. The molecule has 0 aliphatic heterocycles. The molecule has 0 amide bonds. The molecule has 0 saturated heterocycles. The minimum Gasteiger partial charge on any atom is -0.497 e. The van der Waals surface area contributed by atoms with E-state index in [2.05, 4.69) is 79.7 Å². The van der Waals surface area contributed by atoms with Gasteiger partial charge in [-0.15, -0.1) is 0 Å². The first-order valence-corrected chi connectivity index (χ1v) is 9.74. The van der Waals surface area contributed by atoms with Crippen molar-refractivity contribution >= 4 is 5.57 Å². The van der Waals surface area contributed by atoms with Crippen LogP contribution >= 0.6 is 0 Å². The SMILES string of the molecule is COc1ccc(C2Cc3ccc(OC)cc3C(Cc3ccccc3)=C2C)cc1. The molecule has 0 fully saturated rings. The Morgan fingerprint density at radius 1 is 0.821 bits per heavy atom. The normalized spacial score (nSPS) is 15.9. The average Bonchev–Trinajstić information content (AvgIpc) is 2.76. The third-order valence-electron chi connectivity index (χ3n) is 5.81. The fraction of sp³-hybridized carbons (Fsp3) is 0.231. The standard InChI is InChI=1S/C26H26O2/c1-18-24(20-9-12-22(27-2)13-10-20)16-21-11-14-23(28-3)17-26(21)25(18)15-19-7-5-4-6-8-19/h4-14,17,24H,15-16H2,1-3H3. The Bertz CT molecular complexity index is 985. The maximum absolute atomic E-state index is 5.51. The van der Waals surface area contributed by atoms with Crippen molar-refractivity contribution in [3.05, 3.63) is 101 Å². The number of ether oxygens (including phenoxy) is 2. The molecule has 1 aliphatic rings. The molecule has 3 aromatic carbocycles. The van der Waals surface area contributed by atoms with Crippen LogP contribution in [0.2, 0.25) is 0 Å². The summed E-state index contributed by atoms with van der Waals surface area (Å²) in [6.45, 7) is 2.29. The quantitative estimate of drug-likeness (QED) is 0.543. The zero-order chi connectivity index (χ0) is 19.5. The van der Waals surface area contributed by atoms with Crippen LogP contribution in [-0.2, 0) is 12.8 Å². The molecule has 0 spiro atoms. The number of benzene rings is 3. The molecular formula is C26H26O2. The molecule has 1 unspecified atom stereocenters. The molecule has 0 bridgehead atoms. The van der Waals surface area contributed by atoms with Gasteiger partial charge in [-0.05, 0) is 71.9 Å². The highest BCUT2D eigenvalue weighted by molar-refractivity contribution is 5.77. The highest BCUT2D eigenvalue weighted by Crippen LogP contribution is 2.42. The lowest BCUT2D eigenvalue weighted by Crippen LogP contribution is -2.15. The van der Waals surface area contributed by atoms with Crippen LogP contribution in [0, 0.1) is 0 Å². The first-order valence-electron chi connectivity index (χ1n) is 9.74. The number of methoxy groups -OCH3 is 2. The largest absolute Gasteiger partial charge is 0.497 e. The van der Waals surface area contributed by atoms with Crippen molar-refractivity contribution in [1.82, 2.24) is 0 Å². The summed E-state index contributed by atoms with van der Waals surface area (Å²) in [5, 5.41) is 0. The molecule has 142 valence electrons. The lowest BCUT2D eigenvalue weighted by Gasteiger charge is -2.30. The van der Waals surface area contributed by atoms with E-state index in [0.29, 0.717) is 5.92 Å². The lowest BCUT2D eigenvalue weighted by molar-refractivity contribution is 0.414. The zero-order valence-corrected chi connectivity index (χ0v) is 16.7. The van der Waals surface area contributed by atoms with Gasteiger partial charge in [0.25, 0.3) is 0 Å². The number of allylic oxidation sites excluding steroid dienone is 2. The van der Waals surface area contributed by atoms with Crippen molar-refractivity contribution in [3.8, 4) is 11.5 Å². The molecule has 28 heavy (non-hydrogen) atoms. The number of fused-ring (bicyclic) bond motifs is 1. The van der Waals surface area contributed by atoms with E-state index in [1.165, 1.54) is 33.4 Å². The van der Waals surface area contributed by atoms with E-state index < -0.39 is 0 Å². The maximum Gasteiger partial charge on any atom is 0.119 e. The molecule has 0 radical (unpaired) electrons. The molecule has 0 aromatic heterocycles. The van der Waals surface area contributed by atoms with E-state index in [-0.39, 0.29) is 0 Å². The first-order chi connectivity index (χ1) is 13.7. The van der Waals surface area contributed by atoms with E-state index in [0.717, 1.165) is 24.3 Å². The summed E-state index contributed by atoms with van der Waals surface area (Å²) in [6, 6.07) is 25.7. The third-order valence-corrected chi connectivity index (χ3v) is 5.81. The molecular weight excluding hydrogens is 344 g/mol. The highest BCUT2D eigenvalue weighted by atomic mass is 16.5. The van der Waals surface area contributed by atoms with Crippen molar-refractivity contribution < 1.29 is 9.47 Å². The van der Waals surface area contributed by atoms with Gasteiger partial charge in [-0.1, -0.05) is 54.1 Å². The van der Waals surface area contributed by atoms with Crippen LogP contribution < -0.4 is 9.47 Å². The summed E-state index contributed by atoms with van der Waals surface area (Å²) in [7, 11) is 3.44. The minimum atomic E-state index is 0.380. The summed E-state index contributed by atoms with van der Waals surface area (Å²) in [5.74, 6) is 2.20. The summed E-state index contributed by atoms with van der Waals surface area (Å²) in [4.78, 5) is 0. The second-order valence-corrected chi connectivity index (χ2v) is 7.38. The van der Waals surface area contributed by atoms with E-state index in [1.807, 2.05) is 0 Å². The number of hydrogen-bond donors (Lipinski definition) is 0. The minimum absolute atomic E-state index is 0.380. The molecule has 0 heterocycles. The van der Waals surface area contributed by atoms with Gasteiger partial charge in [-0.25, -0.2) is 0 Å². The topological polar surface area (TPSA) is 18.5 Å². The predicted octanol–water partition coefficient (Wildman–Crippen LogP) is 6.06. The van der Waals surface area contributed by atoms with Crippen LogP contribution in [0.1, 0.15) is 35.1 Å². The predicted molar refractivity (Wildman–Crippen MR) is 115 cm³/mol. The van der Waals surface area contributed by atoms with Crippen molar-refractivity contribution in [2.24, 2.45) is 0 Å². The Kier molecular flexibility index (Phi) is 5.21. The van der Waals surface area contributed by atoms with E-state index in [4.69, 9.17) is 9.47 Å². The smallest absolute Gasteiger partial charge is 0.119 e. The van der Waals surface area contributed by atoms with E-state index >= 15 is 0 Å². The molecule has 3 aromatic rings. The molecule has 2 heteroatoms. The van der Waals surface area contributed by atoms with Gasteiger partial charge in [0.1, 0.15) is 11.5 Å². The average molecular weight is 370 g/mol. The molecule has 4 rings (SSSR count). The summed E-state index contributed by atoms with van der Waals surface area (Å²) in [5.41, 5.74) is 8.23. The second-order valence-electron chi connectivity index (χ2n) is 7.38. The Labute approximate surface area is 167 Å². The highest BCUT2D eigenvalue weighted by Gasteiger charge is 2.26. The van der Waals surface area contributed by atoms with Gasteiger partial charge in [0, 0.05) is 5.92 Å². The Morgan fingerprint density at radius 3 is 2.18 bits per heavy atom. The number of hydrogen-bond acceptors (Lipinski definition) is 2. The first kappa shape index (κ1) is 18.4. The van der Waals surface area contributed by atoms with Crippen LogP contribution in [0.5, 0.6) is 11.5 Å². The molecule has 1 aliphatic carbocycles. The number of rotatable bonds is 5. The fourth-order valence-electron chi connectivity index (χ4n) is 4.18. The monoisotopic (exact) mass is 370 g/mol. The Hall–Kier alpha value is -3.00. The van der Waals surface area contributed by atoms with Crippen LogP contribution in [-0.4, -0.2) is 14.2 Å². The summed E-state index contributed by atoms with van der Waals surface area (Å²) in [6.07, 6.45) is 1.94. The van der Waals surface area contributed by atoms with E-state index in [1.54, 1.807) is 14.2 Å². The van der Waals surface area contributed by atoms with Gasteiger partial charge < -0.3 is 9.47 Å². The lowest BCUT2D eigenvalue weighted by atomic mass is 9.74. The Balaban J connectivity index is 1.80. The van der Waals surface area contributed by atoms with Gasteiger partial charge in [0.05, 0.1) is 14.2 Å². The van der Waals surface area contributed by atoms with Crippen LogP contribution in [0.25, 0.3) is 5.57 Å². The van der Waals surface area contributed by atoms with Crippen molar-refractivity contribution in [2.45, 2.75) is 25.7 Å².